The summed E-state index contributed by atoms with van der Waals surface area (Å²) in [7, 11) is 1.34. The van der Waals surface area contributed by atoms with E-state index in [1.807, 2.05) is 25.1 Å². The van der Waals surface area contributed by atoms with Gasteiger partial charge in [0, 0.05) is 17.4 Å². The summed E-state index contributed by atoms with van der Waals surface area (Å²) in [5.74, 6) is -0.00446. The van der Waals surface area contributed by atoms with Gasteiger partial charge in [0.05, 0.1) is 7.11 Å². The van der Waals surface area contributed by atoms with Gasteiger partial charge in [-0.2, -0.15) is 8.78 Å². The van der Waals surface area contributed by atoms with Crippen LogP contribution >= 0.6 is 0 Å². The number of hydrogen-bond donors (Lipinski definition) is 2. The lowest BCUT2D eigenvalue weighted by atomic mass is 10.1. The average Bonchev–Trinajstić information content (AvgIpc) is 2.54. The molecule has 2 aromatic rings. The number of benzene rings is 2. The molecule has 2 rings (SSSR count). The molecule has 0 bridgehead atoms. The summed E-state index contributed by atoms with van der Waals surface area (Å²) in [4.78, 5) is 12.0. The summed E-state index contributed by atoms with van der Waals surface area (Å²) >= 11 is 0. The molecule has 2 amide bonds. The zero-order chi connectivity index (χ0) is 17.5. The molecule has 0 saturated heterocycles. The van der Waals surface area contributed by atoms with Crippen molar-refractivity contribution in [3.8, 4) is 11.5 Å². The van der Waals surface area contributed by atoms with Gasteiger partial charge >= 0.3 is 12.6 Å². The van der Waals surface area contributed by atoms with Crippen LogP contribution < -0.4 is 20.1 Å². The van der Waals surface area contributed by atoms with E-state index < -0.39 is 12.6 Å². The van der Waals surface area contributed by atoms with Crippen LogP contribution in [0.2, 0.25) is 0 Å². The lowest BCUT2D eigenvalue weighted by Gasteiger charge is -2.13. The molecule has 0 fully saturated rings. The Morgan fingerprint density at radius 2 is 1.79 bits per heavy atom. The summed E-state index contributed by atoms with van der Waals surface area (Å²) < 4.78 is 34.1. The molecule has 0 aromatic heterocycles. The SMILES string of the molecule is CCc1cccc(NC(=O)Nc2ccc(OC)c(OC(F)F)c2)c1. The quantitative estimate of drug-likeness (QED) is 0.816. The molecule has 2 N–H and O–H groups in total. The second-order valence-corrected chi connectivity index (χ2v) is 4.88. The number of ether oxygens (including phenoxy) is 2. The van der Waals surface area contributed by atoms with E-state index in [-0.39, 0.29) is 11.5 Å². The van der Waals surface area contributed by atoms with E-state index in [2.05, 4.69) is 15.4 Å². The number of urea groups is 1. The minimum atomic E-state index is -2.99. The fourth-order valence-electron chi connectivity index (χ4n) is 2.10. The number of rotatable bonds is 6. The molecule has 0 spiro atoms. The summed E-state index contributed by atoms with van der Waals surface area (Å²) in [6, 6.07) is 11.2. The number of methoxy groups -OCH3 is 1. The number of carbonyl (C=O) groups is 1. The molecule has 7 heteroatoms. The first kappa shape index (κ1) is 17.5. The van der Waals surface area contributed by atoms with E-state index in [1.54, 1.807) is 6.07 Å². The minimum absolute atomic E-state index is 0.150. The van der Waals surface area contributed by atoms with Crippen LogP contribution in [-0.2, 0) is 6.42 Å². The third kappa shape index (κ3) is 4.84. The predicted octanol–water partition coefficient (Wildman–Crippen LogP) is 4.50. The van der Waals surface area contributed by atoms with E-state index >= 15 is 0 Å². The first-order valence-corrected chi connectivity index (χ1v) is 7.31. The molecule has 0 aliphatic rings. The Hall–Kier alpha value is -2.83. The second kappa shape index (κ2) is 8.14. The number of nitrogens with one attached hydrogen (secondary N) is 2. The Balaban J connectivity index is 2.07. The molecular weight excluding hydrogens is 318 g/mol. The van der Waals surface area contributed by atoms with Crippen molar-refractivity contribution in [1.29, 1.82) is 0 Å². The van der Waals surface area contributed by atoms with Crippen molar-refractivity contribution in [3.63, 3.8) is 0 Å². The maximum atomic E-state index is 12.4. The topological polar surface area (TPSA) is 59.6 Å². The second-order valence-electron chi connectivity index (χ2n) is 4.88. The summed E-state index contributed by atoms with van der Waals surface area (Å²) in [5, 5.41) is 5.25. The Kier molecular flexibility index (Phi) is 5.95. The van der Waals surface area contributed by atoms with E-state index in [9.17, 15) is 13.6 Å². The maximum Gasteiger partial charge on any atom is 0.387 e. The Bertz CT molecular complexity index is 708. The molecule has 0 saturated carbocycles. The number of hydrogen-bond acceptors (Lipinski definition) is 3. The third-order valence-corrected chi connectivity index (χ3v) is 3.23. The van der Waals surface area contributed by atoms with E-state index in [4.69, 9.17) is 4.74 Å². The van der Waals surface area contributed by atoms with Gasteiger partial charge < -0.3 is 20.1 Å². The van der Waals surface area contributed by atoms with Crippen molar-refractivity contribution in [1.82, 2.24) is 0 Å². The monoisotopic (exact) mass is 336 g/mol. The van der Waals surface area contributed by atoms with Gasteiger partial charge in [0.1, 0.15) is 0 Å². The fraction of sp³-hybridized carbons (Fsp3) is 0.235. The molecule has 0 aliphatic heterocycles. The van der Waals surface area contributed by atoms with Crippen LogP contribution in [0.3, 0.4) is 0 Å². The smallest absolute Gasteiger partial charge is 0.387 e. The average molecular weight is 336 g/mol. The molecule has 0 unspecified atom stereocenters. The fourth-order valence-corrected chi connectivity index (χ4v) is 2.10. The Morgan fingerprint density at radius 3 is 2.42 bits per heavy atom. The molecule has 5 nitrogen and oxygen atoms in total. The number of anilines is 2. The van der Waals surface area contributed by atoms with Crippen LogP contribution in [0.1, 0.15) is 12.5 Å². The Labute approximate surface area is 138 Å². The van der Waals surface area contributed by atoms with Crippen molar-refractivity contribution < 1.29 is 23.0 Å². The maximum absolute atomic E-state index is 12.4. The molecular formula is C17H18F2N2O3. The normalized spacial score (nSPS) is 10.4. The molecule has 0 radical (unpaired) electrons. The van der Waals surface area contributed by atoms with E-state index in [0.717, 1.165) is 12.0 Å². The van der Waals surface area contributed by atoms with Crippen LogP contribution in [0.15, 0.2) is 42.5 Å². The summed E-state index contributed by atoms with van der Waals surface area (Å²) in [5.41, 5.74) is 2.03. The molecule has 24 heavy (non-hydrogen) atoms. The summed E-state index contributed by atoms with van der Waals surface area (Å²) in [6.07, 6.45) is 0.851. The van der Waals surface area contributed by atoms with Gasteiger partial charge in [-0.15, -0.1) is 0 Å². The van der Waals surface area contributed by atoms with Crippen LogP contribution in [0.5, 0.6) is 11.5 Å². The first-order valence-electron chi connectivity index (χ1n) is 7.31. The van der Waals surface area contributed by atoms with E-state index in [1.165, 1.54) is 25.3 Å². The number of halogens is 2. The standard InChI is InChI=1S/C17H18F2N2O3/c1-3-11-5-4-6-12(9-11)20-17(22)21-13-7-8-14(23-2)15(10-13)24-16(18)19/h4-10,16H,3H2,1-2H3,(H2,20,21,22). The van der Waals surface area contributed by atoms with Crippen molar-refractivity contribution in [2.24, 2.45) is 0 Å². The lowest BCUT2D eigenvalue weighted by Crippen LogP contribution is -2.19. The molecule has 128 valence electrons. The van der Waals surface area contributed by atoms with Crippen LogP contribution in [0.25, 0.3) is 0 Å². The van der Waals surface area contributed by atoms with Gasteiger partial charge in [-0.25, -0.2) is 4.79 Å². The van der Waals surface area contributed by atoms with Gasteiger partial charge in [-0.3, -0.25) is 0 Å². The highest BCUT2D eigenvalue weighted by atomic mass is 19.3. The highest BCUT2D eigenvalue weighted by Gasteiger charge is 2.12. The number of alkyl halides is 2. The number of amides is 2. The zero-order valence-corrected chi connectivity index (χ0v) is 13.3. The van der Waals surface area contributed by atoms with Gasteiger partial charge in [-0.05, 0) is 36.2 Å². The minimum Gasteiger partial charge on any atom is -0.493 e. The third-order valence-electron chi connectivity index (χ3n) is 3.23. The van der Waals surface area contributed by atoms with Crippen molar-refractivity contribution in [3.05, 3.63) is 48.0 Å². The van der Waals surface area contributed by atoms with Gasteiger partial charge in [0.25, 0.3) is 0 Å². The van der Waals surface area contributed by atoms with Gasteiger partial charge in [0.2, 0.25) is 0 Å². The molecule has 2 aromatic carbocycles. The Morgan fingerprint density at radius 1 is 1.08 bits per heavy atom. The lowest BCUT2D eigenvalue weighted by molar-refractivity contribution is -0.0511. The first-order chi connectivity index (χ1) is 11.5. The van der Waals surface area contributed by atoms with Crippen molar-refractivity contribution in [2.45, 2.75) is 20.0 Å². The van der Waals surface area contributed by atoms with Crippen LogP contribution in [0.4, 0.5) is 25.0 Å². The van der Waals surface area contributed by atoms with Crippen LogP contribution in [-0.4, -0.2) is 19.8 Å². The van der Waals surface area contributed by atoms with Gasteiger partial charge in [0.15, 0.2) is 11.5 Å². The zero-order valence-electron chi connectivity index (χ0n) is 13.3. The largest absolute Gasteiger partial charge is 0.493 e. The highest BCUT2D eigenvalue weighted by Crippen LogP contribution is 2.31. The number of aryl methyl sites for hydroxylation is 1. The summed E-state index contributed by atoms with van der Waals surface area (Å²) in [6.45, 7) is -0.971. The number of carbonyl (C=O) groups excluding carboxylic acids is 1. The highest BCUT2D eigenvalue weighted by molar-refractivity contribution is 5.99. The van der Waals surface area contributed by atoms with Gasteiger partial charge in [-0.1, -0.05) is 19.1 Å². The van der Waals surface area contributed by atoms with Crippen molar-refractivity contribution in [2.75, 3.05) is 17.7 Å². The van der Waals surface area contributed by atoms with E-state index in [0.29, 0.717) is 11.4 Å². The molecule has 0 atom stereocenters. The van der Waals surface area contributed by atoms with Crippen LogP contribution in [0, 0.1) is 0 Å². The van der Waals surface area contributed by atoms with Crippen molar-refractivity contribution >= 4 is 17.4 Å². The predicted molar refractivity (Wildman–Crippen MR) is 88.1 cm³/mol. The molecule has 0 heterocycles. The molecule has 0 aliphatic carbocycles.